The van der Waals surface area contributed by atoms with Crippen LogP contribution in [0.1, 0.15) is 30.0 Å². The SMILES string of the molecule is CCN(Cc1ccccc1)C(=O)CSC1=Nc2ccccc2C2=NC(=O)C(CC(=O)NCc3ccccc3OC)N12. The minimum absolute atomic E-state index is 0.0435. The zero-order valence-corrected chi connectivity index (χ0v) is 23.8. The predicted molar refractivity (Wildman–Crippen MR) is 160 cm³/mol. The van der Waals surface area contributed by atoms with Gasteiger partial charge < -0.3 is 15.0 Å². The Morgan fingerprint density at radius 1 is 1.00 bits per heavy atom. The van der Waals surface area contributed by atoms with Crippen molar-refractivity contribution in [1.82, 2.24) is 15.1 Å². The van der Waals surface area contributed by atoms with Crippen LogP contribution in [-0.2, 0) is 27.5 Å². The second kappa shape index (κ2) is 12.8. The fourth-order valence-electron chi connectivity index (χ4n) is 4.79. The van der Waals surface area contributed by atoms with Crippen molar-refractivity contribution in [2.75, 3.05) is 19.4 Å². The predicted octanol–water partition coefficient (Wildman–Crippen LogP) is 4.14. The van der Waals surface area contributed by atoms with E-state index in [1.165, 1.54) is 11.8 Å². The fourth-order valence-corrected chi connectivity index (χ4v) is 5.74. The Kier molecular flexibility index (Phi) is 8.79. The van der Waals surface area contributed by atoms with Crippen LogP contribution in [0.5, 0.6) is 5.75 Å². The number of rotatable bonds is 10. The van der Waals surface area contributed by atoms with Gasteiger partial charge in [-0.25, -0.2) is 4.99 Å². The van der Waals surface area contributed by atoms with E-state index in [1.54, 1.807) is 16.9 Å². The highest BCUT2D eigenvalue weighted by Crippen LogP contribution is 2.35. The normalized spacial score (nSPS) is 15.4. The number of nitrogens with zero attached hydrogens (tertiary/aromatic N) is 4. The maximum atomic E-state index is 13.2. The molecule has 2 heterocycles. The van der Waals surface area contributed by atoms with Crippen LogP contribution in [0.2, 0.25) is 0 Å². The third-order valence-corrected chi connectivity index (χ3v) is 7.87. The minimum atomic E-state index is -0.857. The van der Waals surface area contributed by atoms with Crippen LogP contribution >= 0.6 is 11.8 Å². The summed E-state index contributed by atoms with van der Waals surface area (Å²) < 4.78 is 5.37. The van der Waals surface area contributed by atoms with Crippen molar-refractivity contribution in [3.8, 4) is 5.75 Å². The number of benzene rings is 3. The molecule has 0 bridgehead atoms. The molecule has 0 saturated heterocycles. The molecule has 5 rings (SSSR count). The lowest BCUT2D eigenvalue weighted by Gasteiger charge is -2.31. The number of hydrogen-bond donors (Lipinski definition) is 1. The van der Waals surface area contributed by atoms with Crippen LogP contribution in [0.3, 0.4) is 0 Å². The maximum Gasteiger partial charge on any atom is 0.271 e. The lowest BCUT2D eigenvalue weighted by atomic mass is 10.1. The van der Waals surface area contributed by atoms with Gasteiger partial charge >= 0.3 is 0 Å². The molecule has 0 aliphatic carbocycles. The number of fused-ring (bicyclic) bond motifs is 3. The number of carbonyl (C=O) groups is 3. The van der Waals surface area contributed by atoms with Gasteiger partial charge in [-0.05, 0) is 30.7 Å². The first-order valence-electron chi connectivity index (χ1n) is 13.4. The van der Waals surface area contributed by atoms with Crippen LogP contribution in [0.25, 0.3) is 0 Å². The smallest absolute Gasteiger partial charge is 0.271 e. The van der Waals surface area contributed by atoms with Crippen LogP contribution < -0.4 is 10.1 Å². The molecule has 41 heavy (non-hydrogen) atoms. The Hall–Kier alpha value is -4.44. The number of methoxy groups -OCH3 is 1. The standard InChI is InChI=1S/C31H31N5O4S/c1-3-35(19-21-11-5-4-6-12-21)28(38)20-41-31-33-24-15-9-8-14-23(24)29-34-30(39)25(36(29)31)17-27(37)32-18-22-13-7-10-16-26(22)40-2/h4-16,25H,3,17-20H2,1-2H3,(H,32,37). The third-order valence-electron chi connectivity index (χ3n) is 6.93. The fraction of sp³-hybridized carbons (Fsp3) is 0.258. The molecule has 1 N–H and O–H groups in total. The zero-order chi connectivity index (χ0) is 28.8. The number of nitrogens with one attached hydrogen (secondary N) is 1. The number of ether oxygens (including phenoxy) is 1. The maximum absolute atomic E-state index is 13.2. The van der Waals surface area contributed by atoms with Gasteiger partial charge in [0.05, 0.1) is 25.0 Å². The number of aliphatic imine (C=N–C) groups is 2. The summed E-state index contributed by atoms with van der Waals surface area (Å²) in [7, 11) is 1.58. The van der Waals surface area contributed by atoms with E-state index in [1.807, 2.05) is 85.8 Å². The van der Waals surface area contributed by atoms with Gasteiger partial charge in [-0.2, -0.15) is 4.99 Å². The monoisotopic (exact) mass is 569 g/mol. The van der Waals surface area contributed by atoms with Gasteiger partial charge in [-0.3, -0.25) is 19.3 Å². The van der Waals surface area contributed by atoms with E-state index in [4.69, 9.17) is 9.73 Å². The summed E-state index contributed by atoms with van der Waals surface area (Å²) >= 11 is 1.25. The van der Waals surface area contributed by atoms with Crippen LogP contribution in [0.15, 0.2) is 88.8 Å². The highest BCUT2D eigenvalue weighted by Gasteiger charge is 2.43. The summed E-state index contributed by atoms with van der Waals surface area (Å²) in [5.74, 6) is 0.500. The van der Waals surface area contributed by atoms with Crippen molar-refractivity contribution in [2.45, 2.75) is 32.5 Å². The van der Waals surface area contributed by atoms with E-state index in [0.717, 1.165) is 11.1 Å². The Bertz CT molecular complexity index is 1510. The van der Waals surface area contributed by atoms with Gasteiger partial charge in [0.15, 0.2) is 5.17 Å². The Labute approximate surface area is 243 Å². The van der Waals surface area contributed by atoms with Gasteiger partial charge in [-0.15, -0.1) is 0 Å². The highest BCUT2D eigenvalue weighted by molar-refractivity contribution is 8.14. The molecular formula is C31H31N5O4S. The van der Waals surface area contributed by atoms with Crippen molar-refractivity contribution in [2.24, 2.45) is 9.98 Å². The van der Waals surface area contributed by atoms with Gasteiger partial charge in [0.25, 0.3) is 5.91 Å². The Balaban J connectivity index is 1.31. The molecule has 9 nitrogen and oxygen atoms in total. The van der Waals surface area contributed by atoms with Crippen LogP contribution in [0.4, 0.5) is 5.69 Å². The molecule has 2 aliphatic heterocycles. The number of thioether (sulfide) groups is 1. The molecule has 3 aromatic rings. The molecule has 0 spiro atoms. The van der Waals surface area contributed by atoms with E-state index in [9.17, 15) is 14.4 Å². The first-order chi connectivity index (χ1) is 20.0. The molecule has 210 valence electrons. The van der Waals surface area contributed by atoms with E-state index in [-0.39, 0.29) is 30.5 Å². The molecule has 1 unspecified atom stereocenters. The molecular weight excluding hydrogens is 538 g/mol. The van der Waals surface area contributed by atoms with Crippen molar-refractivity contribution in [1.29, 1.82) is 0 Å². The van der Waals surface area contributed by atoms with Crippen molar-refractivity contribution in [3.05, 3.63) is 95.6 Å². The van der Waals surface area contributed by atoms with Crippen molar-refractivity contribution in [3.63, 3.8) is 0 Å². The molecule has 10 heteroatoms. The number of carbonyl (C=O) groups excluding carboxylic acids is 3. The summed E-state index contributed by atoms with van der Waals surface area (Å²) in [4.78, 5) is 52.0. The summed E-state index contributed by atoms with van der Waals surface area (Å²) in [5, 5.41) is 3.36. The molecule has 3 amide bonds. The molecule has 2 aliphatic rings. The van der Waals surface area contributed by atoms with E-state index in [0.29, 0.717) is 41.1 Å². The summed E-state index contributed by atoms with van der Waals surface area (Å²) in [6.07, 6.45) is -0.105. The molecule has 0 fully saturated rings. The second-order valence-electron chi connectivity index (χ2n) is 9.55. The first kappa shape index (κ1) is 28.1. The van der Waals surface area contributed by atoms with Gasteiger partial charge in [0.2, 0.25) is 11.8 Å². The lowest BCUT2D eigenvalue weighted by Crippen LogP contribution is -2.46. The first-order valence-corrected chi connectivity index (χ1v) is 14.4. The van der Waals surface area contributed by atoms with E-state index >= 15 is 0 Å². The van der Waals surface area contributed by atoms with Crippen molar-refractivity contribution >= 4 is 46.2 Å². The highest BCUT2D eigenvalue weighted by atomic mass is 32.2. The van der Waals surface area contributed by atoms with E-state index < -0.39 is 11.9 Å². The van der Waals surface area contributed by atoms with E-state index in [2.05, 4.69) is 10.3 Å². The van der Waals surface area contributed by atoms with Gasteiger partial charge in [-0.1, -0.05) is 72.4 Å². The summed E-state index contributed by atoms with van der Waals surface area (Å²) in [6, 6.07) is 23.8. The third kappa shape index (κ3) is 6.33. The second-order valence-corrected chi connectivity index (χ2v) is 10.5. The number of amides is 3. The Morgan fingerprint density at radius 2 is 1.73 bits per heavy atom. The molecule has 3 aromatic carbocycles. The number of amidine groups is 2. The quantitative estimate of drug-likeness (QED) is 0.394. The van der Waals surface area contributed by atoms with Gasteiger partial charge in [0.1, 0.15) is 17.6 Å². The minimum Gasteiger partial charge on any atom is -0.496 e. The number of hydrogen-bond acceptors (Lipinski definition) is 7. The lowest BCUT2D eigenvalue weighted by molar-refractivity contribution is -0.128. The van der Waals surface area contributed by atoms with Gasteiger partial charge in [0, 0.05) is 30.8 Å². The average Bonchev–Trinajstić information content (AvgIpc) is 3.33. The topological polar surface area (TPSA) is 104 Å². The molecule has 0 aromatic heterocycles. The average molecular weight is 570 g/mol. The van der Waals surface area contributed by atoms with Crippen LogP contribution in [0, 0.1) is 0 Å². The Morgan fingerprint density at radius 3 is 2.51 bits per heavy atom. The summed E-state index contributed by atoms with van der Waals surface area (Å²) in [6.45, 7) is 3.28. The molecule has 0 saturated carbocycles. The zero-order valence-electron chi connectivity index (χ0n) is 22.9. The molecule has 1 atom stereocenters. The number of para-hydroxylation sites is 2. The largest absolute Gasteiger partial charge is 0.496 e. The van der Waals surface area contributed by atoms with Crippen LogP contribution in [-0.4, -0.2) is 64.0 Å². The van der Waals surface area contributed by atoms with Crippen molar-refractivity contribution < 1.29 is 19.1 Å². The summed E-state index contributed by atoms with van der Waals surface area (Å²) in [5.41, 5.74) is 3.27. The molecule has 0 radical (unpaired) electrons.